The molecule has 7 heteroatoms. The van der Waals surface area contributed by atoms with E-state index in [1.165, 1.54) is 41.4 Å². The molecule has 0 unspecified atom stereocenters. The van der Waals surface area contributed by atoms with Crippen LogP contribution < -0.4 is 0 Å². The second kappa shape index (κ2) is 8.48. The topological polar surface area (TPSA) is 57.7 Å². The molecule has 144 valence electrons. The smallest absolute Gasteiger partial charge is 0.225 e. The van der Waals surface area contributed by atoms with Crippen LogP contribution in [0.25, 0.3) is 0 Å². The van der Waals surface area contributed by atoms with Gasteiger partial charge in [-0.3, -0.25) is 4.79 Å². The molecule has 2 aliphatic heterocycles. The fourth-order valence-electron chi connectivity index (χ4n) is 3.81. The molecule has 2 heterocycles. The van der Waals surface area contributed by atoms with E-state index in [1.807, 2.05) is 4.90 Å². The number of hydrogen-bond acceptors (Lipinski definition) is 3. The third-order valence-electron chi connectivity index (χ3n) is 5.38. The van der Waals surface area contributed by atoms with Crippen molar-refractivity contribution in [2.24, 2.45) is 5.92 Å². The van der Waals surface area contributed by atoms with Crippen LogP contribution in [0.4, 0.5) is 4.39 Å². The lowest BCUT2D eigenvalue weighted by Gasteiger charge is -2.33. The fourth-order valence-corrected chi connectivity index (χ4v) is 5.38. The summed E-state index contributed by atoms with van der Waals surface area (Å²) in [5.74, 6) is -0.371. The number of carbonyl (C=O) groups excluding carboxylic acids is 1. The van der Waals surface area contributed by atoms with E-state index in [0.717, 1.165) is 25.9 Å². The molecule has 2 fully saturated rings. The number of hydrogen-bond donors (Lipinski definition) is 0. The van der Waals surface area contributed by atoms with Crippen molar-refractivity contribution in [1.82, 2.24) is 9.21 Å². The number of carbonyl (C=O) groups is 1. The second-order valence-corrected chi connectivity index (χ2v) is 9.26. The maximum atomic E-state index is 13.0. The van der Waals surface area contributed by atoms with Gasteiger partial charge in [0.05, 0.1) is 5.75 Å². The summed E-state index contributed by atoms with van der Waals surface area (Å²) in [5, 5.41) is 0. The third-order valence-corrected chi connectivity index (χ3v) is 7.23. The first-order valence-corrected chi connectivity index (χ1v) is 11.1. The quantitative estimate of drug-likeness (QED) is 0.805. The van der Waals surface area contributed by atoms with Crippen molar-refractivity contribution in [2.75, 3.05) is 26.2 Å². The van der Waals surface area contributed by atoms with E-state index in [1.54, 1.807) is 0 Å². The SMILES string of the molecule is O=C(C1CCN(S(=O)(=O)Cc2ccc(F)cc2)CC1)N1CCCCCC1. The Bertz CT molecular complexity index is 705. The van der Waals surface area contributed by atoms with Gasteiger partial charge in [0.15, 0.2) is 0 Å². The number of halogens is 1. The van der Waals surface area contributed by atoms with Crippen LogP contribution in [0.2, 0.25) is 0 Å². The van der Waals surface area contributed by atoms with Crippen LogP contribution in [0, 0.1) is 11.7 Å². The summed E-state index contributed by atoms with van der Waals surface area (Å²) in [6.45, 7) is 2.44. The predicted molar refractivity (Wildman–Crippen MR) is 98.4 cm³/mol. The summed E-state index contributed by atoms with van der Waals surface area (Å²) in [7, 11) is -3.44. The second-order valence-electron chi connectivity index (χ2n) is 7.30. The number of rotatable bonds is 4. The Morgan fingerprint density at radius 3 is 2.12 bits per heavy atom. The molecule has 0 atom stereocenters. The van der Waals surface area contributed by atoms with E-state index in [-0.39, 0.29) is 23.4 Å². The molecule has 3 rings (SSSR count). The zero-order chi connectivity index (χ0) is 18.6. The number of piperidine rings is 1. The molecule has 0 bridgehead atoms. The molecule has 5 nitrogen and oxygen atoms in total. The first-order valence-electron chi connectivity index (χ1n) is 9.47. The van der Waals surface area contributed by atoms with E-state index in [4.69, 9.17) is 0 Å². The first kappa shape index (κ1) is 19.3. The summed E-state index contributed by atoms with van der Waals surface area (Å²) in [4.78, 5) is 14.7. The average Bonchev–Trinajstić information content (AvgIpc) is 2.92. The lowest BCUT2D eigenvalue weighted by Crippen LogP contribution is -2.44. The third kappa shape index (κ3) is 4.82. The van der Waals surface area contributed by atoms with Gasteiger partial charge >= 0.3 is 0 Å². The largest absolute Gasteiger partial charge is 0.342 e. The van der Waals surface area contributed by atoms with Gasteiger partial charge < -0.3 is 4.90 Å². The minimum absolute atomic E-state index is 0.0645. The van der Waals surface area contributed by atoms with Gasteiger partial charge in [0.25, 0.3) is 0 Å². The Balaban J connectivity index is 1.55. The number of amides is 1. The minimum Gasteiger partial charge on any atom is -0.342 e. The van der Waals surface area contributed by atoms with Crippen LogP contribution in [0.1, 0.15) is 44.1 Å². The maximum absolute atomic E-state index is 13.0. The Morgan fingerprint density at radius 1 is 0.962 bits per heavy atom. The van der Waals surface area contributed by atoms with E-state index in [2.05, 4.69) is 0 Å². The summed E-state index contributed by atoms with van der Waals surface area (Å²) in [6, 6.07) is 5.55. The van der Waals surface area contributed by atoms with Crippen LogP contribution in [0.3, 0.4) is 0 Å². The standard InChI is InChI=1S/C19H27FN2O3S/c20-18-7-5-16(6-8-18)15-26(24,25)22-13-9-17(10-14-22)19(23)21-11-3-1-2-4-12-21/h5-8,17H,1-4,9-15H2. The van der Waals surface area contributed by atoms with E-state index >= 15 is 0 Å². The molecule has 0 saturated carbocycles. The summed E-state index contributed by atoms with van der Waals surface area (Å²) in [5.41, 5.74) is 0.578. The van der Waals surface area contributed by atoms with Crippen molar-refractivity contribution in [3.05, 3.63) is 35.6 Å². The van der Waals surface area contributed by atoms with Gasteiger partial charge in [-0.2, -0.15) is 0 Å². The molecule has 0 aromatic heterocycles. The highest BCUT2D eigenvalue weighted by molar-refractivity contribution is 7.88. The molecule has 1 aromatic rings. The molecule has 0 spiro atoms. The van der Waals surface area contributed by atoms with Crippen LogP contribution in [0.15, 0.2) is 24.3 Å². The van der Waals surface area contributed by atoms with Gasteiger partial charge in [-0.25, -0.2) is 17.1 Å². The average molecular weight is 383 g/mol. The van der Waals surface area contributed by atoms with Gasteiger partial charge in [-0.15, -0.1) is 0 Å². The van der Waals surface area contributed by atoms with Gasteiger partial charge in [0.2, 0.25) is 15.9 Å². The Kier molecular flexibility index (Phi) is 6.29. The zero-order valence-electron chi connectivity index (χ0n) is 15.1. The highest BCUT2D eigenvalue weighted by atomic mass is 32.2. The van der Waals surface area contributed by atoms with Crippen LogP contribution in [-0.2, 0) is 20.6 Å². The molecule has 26 heavy (non-hydrogen) atoms. The molecule has 0 radical (unpaired) electrons. The highest BCUT2D eigenvalue weighted by Gasteiger charge is 2.33. The molecule has 2 aliphatic rings. The molecule has 1 aromatic carbocycles. The highest BCUT2D eigenvalue weighted by Crippen LogP contribution is 2.24. The monoisotopic (exact) mass is 382 g/mol. The Morgan fingerprint density at radius 2 is 1.54 bits per heavy atom. The molecular weight excluding hydrogens is 355 g/mol. The minimum atomic E-state index is -3.44. The summed E-state index contributed by atoms with van der Waals surface area (Å²) < 4.78 is 39.7. The first-order chi connectivity index (χ1) is 12.5. The number of sulfonamides is 1. The number of benzene rings is 1. The normalized spacial score (nSPS) is 20.7. The maximum Gasteiger partial charge on any atom is 0.225 e. The molecule has 2 saturated heterocycles. The van der Waals surface area contributed by atoms with Crippen LogP contribution in [-0.4, -0.2) is 49.7 Å². The van der Waals surface area contributed by atoms with Gasteiger partial charge in [0, 0.05) is 32.1 Å². The van der Waals surface area contributed by atoms with Crippen LogP contribution in [0.5, 0.6) is 0 Å². The van der Waals surface area contributed by atoms with Crippen molar-refractivity contribution < 1.29 is 17.6 Å². The molecular formula is C19H27FN2O3S. The predicted octanol–water partition coefficient (Wildman–Crippen LogP) is 2.77. The van der Waals surface area contributed by atoms with Gasteiger partial charge in [-0.05, 0) is 43.4 Å². The van der Waals surface area contributed by atoms with Crippen molar-refractivity contribution in [3.63, 3.8) is 0 Å². The van der Waals surface area contributed by atoms with Crippen molar-refractivity contribution in [2.45, 2.75) is 44.3 Å². The van der Waals surface area contributed by atoms with Crippen molar-refractivity contribution >= 4 is 15.9 Å². The lowest BCUT2D eigenvalue weighted by molar-refractivity contribution is -0.136. The molecule has 0 aliphatic carbocycles. The summed E-state index contributed by atoms with van der Waals surface area (Å²) >= 11 is 0. The number of likely N-dealkylation sites (tertiary alicyclic amines) is 1. The molecule has 0 N–H and O–H groups in total. The molecule has 1 amide bonds. The van der Waals surface area contributed by atoms with Crippen LogP contribution >= 0.6 is 0 Å². The zero-order valence-corrected chi connectivity index (χ0v) is 15.9. The van der Waals surface area contributed by atoms with E-state index in [9.17, 15) is 17.6 Å². The van der Waals surface area contributed by atoms with Crippen molar-refractivity contribution in [3.8, 4) is 0 Å². The Labute approximate surface area is 155 Å². The van der Waals surface area contributed by atoms with E-state index < -0.39 is 10.0 Å². The number of nitrogens with zero attached hydrogens (tertiary/aromatic N) is 2. The lowest BCUT2D eigenvalue weighted by atomic mass is 9.96. The fraction of sp³-hybridized carbons (Fsp3) is 0.632. The van der Waals surface area contributed by atoms with Gasteiger partial charge in [0.1, 0.15) is 5.82 Å². The van der Waals surface area contributed by atoms with E-state index in [0.29, 0.717) is 31.5 Å². The van der Waals surface area contributed by atoms with Crippen molar-refractivity contribution in [1.29, 1.82) is 0 Å². The Hall–Kier alpha value is -1.47. The summed E-state index contributed by atoms with van der Waals surface area (Å²) in [6.07, 6.45) is 5.66. The van der Waals surface area contributed by atoms with Gasteiger partial charge in [-0.1, -0.05) is 25.0 Å².